The Hall–Kier alpha value is -0.0900. The van der Waals surface area contributed by atoms with Crippen molar-refractivity contribution in [2.24, 2.45) is 5.73 Å². The molecular formula is C18H36ClNOS. The maximum absolute atomic E-state index is 8.06. The highest BCUT2D eigenvalue weighted by molar-refractivity contribution is 7.10. The number of thiophene rings is 1. The van der Waals surface area contributed by atoms with Crippen LogP contribution in [0.1, 0.15) is 89.0 Å². The molecule has 2 nitrogen and oxygen atoms in total. The molecule has 0 aliphatic carbocycles. The molecule has 1 rings (SSSR count). The van der Waals surface area contributed by atoms with Crippen LogP contribution in [0.2, 0.25) is 0 Å². The number of aliphatic hydroxyl groups excluding tert-OH is 1. The molecule has 1 atom stereocenters. The summed E-state index contributed by atoms with van der Waals surface area (Å²) in [5.41, 5.74) is 7.22. The SMILES string of the molecule is CC(C)O.CCCCC(CCCN)c1sccc1C(C)C.Cl. The van der Waals surface area contributed by atoms with E-state index in [9.17, 15) is 0 Å². The van der Waals surface area contributed by atoms with E-state index in [0.29, 0.717) is 5.92 Å². The first-order valence-electron chi connectivity index (χ1n) is 8.39. The molecule has 1 unspecified atom stereocenters. The topological polar surface area (TPSA) is 46.2 Å². The van der Waals surface area contributed by atoms with E-state index >= 15 is 0 Å². The Labute approximate surface area is 147 Å². The van der Waals surface area contributed by atoms with Gasteiger partial charge in [-0.05, 0) is 68.5 Å². The lowest BCUT2D eigenvalue weighted by molar-refractivity contribution is 0.216. The number of halogens is 1. The Balaban J connectivity index is 0. The Bertz CT molecular complexity index is 342. The number of rotatable bonds is 8. The first-order valence-corrected chi connectivity index (χ1v) is 9.27. The van der Waals surface area contributed by atoms with Crippen LogP contribution in [-0.2, 0) is 0 Å². The van der Waals surface area contributed by atoms with E-state index in [1.165, 1.54) is 25.7 Å². The zero-order valence-electron chi connectivity index (χ0n) is 15.0. The van der Waals surface area contributed by atoms with Gasteiger partial charge in [-0.15, -0.1) is 23.7 Å². The summed E-state index contributed by atoms with van der Waals surface area (Å²) in [7, 11) is 0. The lowest BCUT2D eigenvalue weighted by Gasteiger charge is -2.18. The summed E-state index contributed by atoms with van der Waals surface area (Å²) < 4.78 is 0. The average molecular weight is 350 g/mol. The number of unbranched alkanes of at least 4 members (excludes halogenated alkanes) is 1. The molecule has 0 spiro atoms. The summed E-state index contributed by atoms with van der Waals surface area (Å²) >= 11 is 1.95. The standard InChI is InChI=1S/C15H27NS.C3H8O.ClH/c1-4-5-7-13(8-6-10-16)15-14(12(2)3)9-11-17-15;1-3(2)4;/h9,11-13H,4-8,10,16H2,1-3H3;3-4H,1-2H3;1H. The van der Waals surface area contributed by atoms with Crippen molar-refractivity contribution in [3.63, 3.8) is 0 Å². The highest BCUT2D eigenvalue weighted by Crippen LogP contribution is 2.36. The van der Waals surface area contributed by atoms with Gasteiger partial charge in [0.25, 0.3) is 0 Å². The number of aliphatic hydroxyl groups is 1. The minimum Gasteiger partial charge on any atom is -0.394 e. The molecule has 4 heteroatoms. The Kier molecular flexibility index (Phi) is 15.9. The summed E-state index contributed by atoms with van der Waals surface area (Å²) in [6, 6.07) is 2.31. The van der Waals surface area contributed by atoms with Crippen molar-refractivity contribution in [2.75, 3.05) is 6.54 Å². The van der Waals surface area contributed by atoms with Crippen molar-refractivity contribution < 1.29 is 5.11 Å². The predicted molar refractivity (Wildman–Crippen MR) is 104 cm³/mol. The van der Waals surface area contributed by atoms with Crippen molar-refractivity contribution >= 4 is 23.7 Å². The van der Waals surface area contributed by atoms with Gasteiger partial charge in [0.15, 0.2) is 0 Å². The van der Waals surface area contributed by atoms with E-state index in [4.69, 9.17) is 10.8 Å². The van der Waals surface area contributed by atoms with E-state index < -0.39 is 0 Å². The third-order valence-electron chi connectivity index (χ3n) is 3.38. The van der Waals surface area contributed by atoms with Crippen LogP contribution in [0, 0.1) is 0 Å². The molecule has 0 radical (unpaired) electrons. The molecule has 0 bridgehead atoms. The lowest BCUT2D eigenvalue weighted by atomic mass is 9.90. The zero-order valence-corrected chi connectivity index (χ0v) is 16.6. The molecule has 0 amide bonds. The Morgan fingerprint density at radius 1 is 1.14 bits per heavy atom. The molecule has 0 fully saturated rings. The van der Waals surface area contributed by atoms with Crippen molar-refractivity contribution in [3.05, 3.63) is 21.9 Å². The Morgan fingerprint density at radius 2 is 1.68 bits per heavy atom. The predicted octanol–water partition coefficient (Wildman–Crippen LogP) is 5.69. The quantitative estimate of drug-likeness (QED) is 0.632. The Morgan fingerprint density at radius 3 is 2.14 bits per heavy atom. The second kappa shape index (κ2) is 14.5. The van der Waals surface area contributed by atoms with Gasteiger partial charge in [0.05, 0.1) is 0 Å². The van der Waals surface area contributed by atoms with Crippen molar-refractivity contribution in [1.82, 2.24) is 0 Å². The fourth-order valence-corrected chi connectivity index (χ4v) is 3.59. The van der Waals surface area contributed by atoms with Gasteiger partial charge in [-0.2, -0.15) is 0 Å². The van der Waals surface area contributed by atoms with Crippen LogP contribution in [0.15, 0.2) is 11.4 Å². The van der Waals surface area contributed by atoms with E-state index in [0.717, 1.165) is 18.9 Å². The van der Waals surface area contributed by atoms with Crippen molar-refractivity contribution in [1.29, 1.82) is 0 Å². The summed E-state index contributed by atoms with van der Waals surface area (Å²) in [4.78, 5) is 1.63. The average Bonchev–Trinajstić information content (AvgIpc) is 2.87. The molecule has 0 saturated carbocycles. The number of nitrogens with two attached hydrogens (primary N) is 1. The van der Waals surface area contributed by atoms with E-state index in [1.807, 2.05) is 11.3 Å². The third kappa shape index (κ3) is 10.6. The maximum Gasteiger partial charge on any atom is 0.0483 e. The van der Waals surface area contributed by atoms with Crippen LogP contribution in [0.3, 0.4) is 0 Å². The van der Waals surface area contributed by atoms with Crippen LogP contribution in [0.4, 0.5) is 0 Å². The molecule has 1 heterocycles. The van der Waals surface area contributed by atoms with Crippen molar-refractivity contribution in [3.8, 4) is 0 Å². The van der Waals surface area contributed by atoms with Crippen molar-refractivity contribution in [2.45, 2.75) is 84.7 Å². The van der Waals surface area contributed by atoms with Gasteiger partial charge in [-0.3, -0.25) is 0 Å². The number of hydrogen-bond donors (Lipinski definition) is 2. The molecule has 3 N–H and O–H groups in total. The van der Waals surface area contributed by atoms with Gasteiger partial charge in [0.2, 0.25) is 0 Å². The molecule has 0 saturated heterocycles. The van der Waals surface area contributed by atoms with E-state index in [-0.39, 0.29) is 18.5 Å². The van der Waals surface area contributed by atoms with Crippen LogP contribution < -0.4 is 5.73 Å². The second-order valence-corrected chi connectivity index (χ2v) is 7.21. The third-order valence-corrected chi connectivity index (χ3v) is 4.48. The van der Waals surface area contributed by atoms with Gasteiger partial charge in [-0.25, -0.2) is 0 Å². The molecule has 1 aromatic heterocycles. The van der Waals surface area contributed by atoms with Crippen LogP contribution in [0.25, 0.3) is 0 Å². The van der Waals surface area contributed by atoms with Gasteiger partial charge in [0, 0.05) is 11.0 Å². The number of hydrogen-bond acceptors (Lipinski definition) is 3. The molecule has 0 aliphatic rings. The molecule has 0 aromatic carbocycles. The summed E-state index contributed by atoms with van der Waals surface area (Å²) in [6.45, 7) is 11.1. The molecule has 1 aromatic rings. The highest BCUT2D eigenvalue weighted by Gasteiger charge is 2.17. The second-order valence-electron chi connectivity index (χ2n) is 6.26. The molecule has 0 aliphatic heterocycles. The smallest absolute Gasteiger partial charge is 0.0483 e. The van der Waals surface area contributed by atoms with Crippen LogP contribution in [0.5, 0.6) is 0 Å². The van der Waals surface area contributed by atoms with Crippen LogP contribution in [-0.4, -0.2) is 17.8 Å². The summed E-state index contributed by atoms with van der Waals surface area (Å²) in [5, 5.41) is 10.3. The molecular weight excluding hydrogens is 314 g/mol. The van der Waals surface area contributed by atoms with Gasteiger partial charge in [0.1, 0.15) is 0 Å². The molecule has 22 heavy (non-hydrogen) atoms. The first-order chi connectivity index (χ1) is 9.93. The fourth-order valence-electron chi connectivity index (χ4n) is 2.36. The minimum absolute atomic E-state index is 0. The zero-order chi connectivity index (χ0) is 16.3. The van der Waals surface area contributed by atoms with Gasteiger partial charge < -0.3 is 10.8 Å². The van der Waals surface area contributed by atoms with E-state index in [1.54, 1.807) is 24.3 Å². The minimum atomic E-state index is -0.167. The van der Waals surface area contributed by atoms with E-state index in [2.05, 4.69) is 32.2 Å². The normalized spacial score (nSPS) is 11.9. The lowest BCUT2D eigenvalue weighted by Crippen LogP contribution is -2.05. The first kappa shape index (κ1) is 24.2. The van der Waals surface area contributed by atoms with Crippen LogP contribution >= 0.6 is 23.7 Å². The monoisotopic (exact) mass is 349 g/mol. The maximum atomic E-state index is 8.06. The molecule has 132 valence electrons. The summed E-state index contributed by atoms with van der Waals surface area (Å²) in [5.74, 6) is 1.40. The van der Waals surface area contributed by atoms with Gasteiger partial charge in [-0.1, -0.05) is 33.6 Å². The largest absolute Gasteiger partial charge is 0.394 e. The fraction of sp³-hybridized carbons (Fsp3) is 0.778. The highest BCUT2D eigenvalue weighted by atomic mass is 35.5. The van der Waals surface area contributed by atoms with Gasteiger partial charge >= 0.3 is 0 Å². The summed E-state index contributed by atoms with van der Waals surface area (Å²) in [6.07, 6.45) is 6.21.